The highest BCUT2D eigenvalue weighted by Crippen LogP contribution is 2.47. The lowest BCUT2D eigenvalue weighted by molar-refractivity contribution is -0.133. The Morgan fingerprint density at radius 3 is 2.68 bits per heavy atom. The van der Waals surface area contributed by atoms with E-state index >= 15 is 0 Å². The molecule has 0 atom stereocenters. The summed E-state index contributed by atoms with van der Waals surface area (Å²) in [5.74, 6) is 0.361. The van der Waals surface area contributed by atoms with Gasteiger partial charge in [-0.1, -0.05) is 27.3 Å². The fourth-order valence-corrected chi connectivity index (χ4v) is 3.78. The Morgan fingerprint density at radius 1 is 1.41 bits per heavy atom. The Hall–Kier alpha value is -1.44. The average molecular weight is 383 g/mol. The van der Waals surface area contributed by atoms with Gasteiger partial charge in [0.15, 0.2) is 0 Å². The lowest BCUT2D eigenvalue weighted by Crippen LogP contribution is -2.54. The molecule has 3 rings (SSSR count). The highest BCUT2D eigenvalue weighted by atomic mass is 79.9. The molecule has 0 aliphatic heterocycles. The summed E-state index contributed by atoms with van der Waals surface area (Å²) >= 11 is 4.73. The van der Waals surface area contributed by atoms with Gasteiger partial charge in [-0.05, 0) is 37.1 Å². The van der Waals surface area contributed by atoms with E-state index in [0.717, 1.165) is 10.2 Å². The van der Waals surface area contributed by atoms with Crippen LogP contribution in [-0.2, 0) is 14.9 Å². The molecule has 7 heteroatoms. The number of primary amides is 1. The van der Waals surface area contributed by atoms with Crippen molar-refractivity contribution in [1.29, 1.82) is 0 Å². The van der Waals surface area contributed by atoms with Gasteiger partial charge >= 0.3 is 0 Å². The minimum absolute atomic E-state index is 0.0623. The number of hydrogen-bond donors (Lipinski definition) is 1. The van der Waals surface area contributed by atoms with Gasteiger partial charge in [-0.25, -0.2) is 4.98 Å². The molecule has 1 aromatic carbocycles. The molecule has 2 N–H and O–H groups in total. The van der Waals surface area contributed by atoms with Crippen LogP contribution in [0.5, 0.6) is 10.8 Å². The molecule has 1 amide bonds. The van der Waals surface area contributed by atoms with Gasteiger partial charge in [0.05, 0.1) is 12.3 Å². The third kappa shape index (κ3) is 2.76. The van der Waals surface area contributed by atoms with Crippen molar-refractivity contribution in [2.75, 3.05) is 7.11 Å². The van der Waals surface area contributed by atoms with Crippen LogP contribution in [0.15, 0.2) is 34.9 Å². The molecule has 1 aliphatic carbocycles. The van der Waals surface area contributed by atoms with Crippen LogP contribution in [0.4, 0.5) is 0 Å². The number of carbonyl (C=O) groups excluding carboxylic acids is 1. The van der Waals surface area contributed by atoms with Crippen LogP contribution in [-0.4, -0.2) is 24.1 Å². The lowest BCUT2D eigenvalue weighted by Gasteiger charge is -2.42. The summed E-state index contributed by atoms with van der Waals surface area (Å²) in [5.41, 5.74) is 4.87. The van der Waals surface area contributed by atoms with E-state index in [9.17, 15) is 4.79 Å². The summed E-state index contributed by atoms with van der Waals surface area (Å²) in [7, 11) is 1.64. The van der Waals surface area contributed by atoms with Crippen molar-refractivity contribution in [3.8, 4) is 10.8 Å². The van der Waals surface area contributed by atoms with Crippen LogP contribution in [0, 0.1) is 0 Å². The lowest BCUT2D eigenvalue weighted by atomic mass is 9.66. The minimum Gasteiger partial charge on any atom is -0.445 e. The summed E-state index contributed by atoms with van der Waals surface area (Å²) in [6.45, 7) is 0. The van der Waals surface area contributed by atoms with Crippen LogP contribution in [0.3, 0.4) is 0 Å². The zero-order valence-corrected chi connectivity index (χ0v) is 14.3. The Labute approximate surface area is 140 Å². The highest BCUT2D eigenvalue weighted by molar-refractivity contribution is 9.10. The first-order chi connectivity index (χ1) is 10.5. The number of benzene rings is 1. The van der Waals surface area contributed by atoms with Crippen LogP contribution in [0.1, 0.15) is 17.8 Å². The number of amides is 1. The summed E-state index contributed by atoms with van der Waals surface area (Å²) in [6.07, 6.45) is 2.84. The Bertz CT molecular complexity index is 680. The first-order valence-corrected chi connectivity index (χ1v) is 8.37. The Kier molecular flexibility index (Phi) is 4.20. The minimum atomic E-state index is -0.716. The number of ether oxygens (including phenoxy) is 2. The molecule has 0 unspecified atom stereocenters. The molecular formula is C15H15BrN2O3S. The molecule has 0 radical (unpaired) electrons. The number of rotatable bonds is 5. The van der Waals surface area contributed by atoms with E-state index in [-0.39, 0.29) is 12.0 Å². The molecule has 1 heterocycles. The molecule has 5 nitrogen and oxygen atoms in total. The maximum atomic E-state index is 11.9. The molecule has 0 spiro atoms. The largest absolute Gasteiger partial charge is 0.445 e. The number of halogens is 1. The summed E-state index contributed by atoms with van der Waals surface area (Å²) < 4.78 is 12.0. The molecule has 22 heavy (non-hydrogen) atoms. The zero-order chi connectivity index (χ0) is 15.7. The van der Waals surface area contributed by atoms with Gasteiger partial charge in [-0.3, -0.25) is 4.79 Å². The van der Waals surface area contributed by atoms with Crippen molar-refractivity contribution in [2.45, 2.75) is 24.4 Å². The number of hydrogen-bond acceptors (Lipinski definition) is 5. The van der Waals surface area contributed by atoms with Gasteiger partial charge in [0.2, 0.25) is 11.0 Å². The smallest absolute Gasteiger partial charge is 0.230 e. The first kappa shape index (κ1) is 15.5. The molecule has 1 aliphatic rings. The summed E-state index contributed by atoms with van der Waals surface area (Å²) in [6, 6.07) is 7.52. The van der Waals surface area contributed by atoms with Gasteiger partial charge in [0.1, 0.15) is 16.2 Å². The van der Waals surface area contributed by atoms with Crippen LogP contribution in [0.25, 0.3) is 0 Å². The molecule has 116 valence electrons. The van der Waals surface area contributed by atoms with Gasteiger partial charge in [0, 0.05) is 11.6 Å². The third-order valence-electron chi connectivity index (χ3n) is 3.88. The van der Waals surface area contributed by atoms with E-state index in [1.807, 2.05) is 24.3 Å². The van der Waals surface area contributed by atoms with Crippen molar-refractivity contribution < 1.29 is 14.3 Å². The monoisotopic (exact) mass is 382 g/mol. The van der Waals surface area contributed by atoms with Crippen molar-refractivity contribution in [3.05, 3.63) is 39.9 Å². The molecule has 0 saturated heterocycles. The fraction of sp³-hybridized carbons (Fsp3) is 0.333. The number of thiazole rings is 1. The van der Waals surface area contributed by atoms with Gasteiger partial charge < -0.3 is 15.2 Å². The van der Waals surface area contributed by atoms with Gasteiger partial charge in [-0.15, -0.1) is 0 Å². The first-order valence-electron chi connectivity index (χ1n) is 6.76. The van der Waals surface area contributed by atoms with Crippen molar-refractivity contribution >= 4 is 33.2 Å². The average Bonchev–Trinajstić information content (AvgIpc) is 2.89. The van der Waals surface area contributed by atoms with E-state index in [1.165, 1.54) is 11.3 Å². The summed E-state index contributed by atoms with van der Waals surface area (Å²) in [5, 5.41) is 1.33. The number of aromatic nitrogens is 1. The Balaban J connectivity index is 1.78. The van der Waals surface area contributed by atoms with Crippen molar-refractivity contribution in [2.24, 2.45) is 5.73 Å². The molecule has 2 aromatic rings. The molecule has 1 fully saturated rings. The Morgan fingerprint density at radius 2 is 2.09 bits per heavy atom. The molecule has 0 bridgehead atoms. The third-order valence-corrected chi connectivity index (χ3v) is 5.49. The van der Waals surface area contributed by atoms with E-state index in [2.05, 4.69) is 20.9 Å². The number of methoxy groups -OCH3 is 1. The maximum absolute atomic E-state index is 11.9. The quantitative estimate of drug-likeness (QED) is 0.860. The normalized spacial score (nSPS) is 23.8. The summed E-state index contributed by atoms with van der Waals surface area (Å²) in [4.78, 5) is 16.2. The van der Waals surface area contributed by atoms with Crippen LogP contribution >= 0.6 is 27.3 Å². The molecule has 1 aromatic heterocycles. The van der Waals surface area contributed by atoms with E-state index < -0.39 is 5.41 Å². The van der Waals surface area contributed by atoms with Crippen LogP contribution in [0.2, 0.25) is 0 Å². The predicted octanol–water partition coefficient (Wildman–Crippen LogP) is 3.23. The van der Waals surface area contributed by atoms with Crippen molar-refractivity contribution in [1.82, 2.24) is 4.98 Å². The van der Waals surface area contributed by atoms with E-state index in [4.69, 9.17) is 15.2 Å². The zero-order valence-electron chi connectivity index (χ0n) is 11.9. The SMILES string of the molecule is COC1CC(C(N)=O)(c2ncc(Oc3ccc(Br)cc3)s2)C1. The highest BCUT2D eigenvalue weighted by Gasteiger charge is 2.53. The van der Waals surface area contributed by atoms with E-state index in [0.29, 0.717) is 22.9 Å². The predicted molar refractivity (Wildman–Crippen MR) is 87.2 cm³/mol. The molecular weight excluding hydrogens is 368 g/mol. The maximum Gasteiger partial charge on any atom is 0.230 e. The van der Waals surface area contributed by atoms with Crippen molar-refractivity contribution in [3.63, 3.8) is 0 Å². The fourth-order valence-electron chi connectivity index (χ4n) is 2.51. The van der Waals surface area contributed by atoms with Gasteiger partial charge in [-0.2, -0.15) is 0 Å². The topological polar surface area (TPSA) is 74.4 Å². The van der Waals surface area contributed by atoms with E-state index in [1.54, 1.807) is 13.3 Å². The standard InChI is InChI=1S/C15H15BrN2O3S/c1-20-11-6-15(7-11,13(17)19)14-18-8-12(22-14)21-10-4-2-9(16)3-5-10/h2-5,8,11H,6-7H2,1H3,(H2,17,19). The second-order valence-electron chi connectivity index (χ2n) is 5.25. The number of carbonyl (C=O) groups is 1. The second kappa shape index (κ2) is 5.98. The van der Waals surface area contributed by atoms with Crippen LogP contribution < -0.4 is 10.5 Å². The van der Waals surface area contributed by atoms with Gasteiger partial charge in [0.25, 0.3) is 0 Å². The molecule has 1 saturated carbocycles. The number of nitrogens with two attached hydrogens (primary N) is 1. The second-order valence-corrected chi connectivity index (χ2v) is 7.16. The number of nitrogens with zero attached hydrogens (tertiary/aromatic N) is 1.